The van der Waals surface area contributed by atoms with Gasteiger partial charge in [0, 0.05) is 19.8 Å². The molecule has 2 aromatic carbocycles. The molecule has 1 N–H and O–H groups in total. The molecule has 0 bridgehead atoms. The Kier molecular flexibility index (Phi) is 5.58. The molecule has 0 saturated heterocycles. The van der Waals surface area contributed by atoms with E-state index in [1.807, 2.05) is 6.07 Å². The van der Waals surface area contributed by atoms with Gasteiger partial charge in [-0.25, -0.2) is 9.80 Å². The predicted molar refractivity (Wildman–Crippen MR) is 102 cm³/mol. The zero-order valence-electron chi connectivity index (χ0n) is 15.8. The topological polar surface area (TPSA) is 65.0 Å². The normalized spacial score (nSPS) is 16.4. The monoisotopic (exact) mass is 404 g/mol. The molecule has 3 rings (SSSR count). The largest absolute Gasteiger partial charge is 0.416 e. The molecule has 0 radical (unpaired) electrons. The maximum absolute atomic E-state index is 12.7. The second-order valence-corrected chi connectivity index (χ2v) is 6.72. The van der Waals surface area contributed by atoms with Crippen molar-refractivity contribution >= 4 is 23.3 Å². The van der Waals surface area contributed by atoms with Crippen LogP contribution in [0.5, 0.6) is 0 Å². The fourth-order valence-corrected chi connectivity index (χ4v) is 2.93. The SMILES string of the molecule is CN(C)C(=O)C1CN(C(=O)Nc2ccc(C(F)(F)F)cc2)N=C1c1ccccc1. The van der Waals surface area contributed by atoms with Crippen LogP contribution in [0.2, 0.25) is 0 Å². The van der Waals surface area contributed by atoms with Crippen molar-refractivity contribution in [2.24, 2.45) is 11.0 Å². The first kappa shape index (κ1) is 20.4. The zero-order valence-corrected chi connectivity index (χ0v) is 15.8. The zero-order chi connectivity index (χ0) is 21.2. The number of benzene rings is 2. The maximum atomic E-state index is 12.7. The van der Waals surface area contributed by atoms with Crippen molar-refractivity contribution in [1.82, 2.24) is 9.91 Å². The highest BCUT2D eigenvalue weighted by Gasteiger charge is 2.37. The van der Waals surface area contributed by atoms with Gasteiger partial charge in [0.25, 0.3) is 0 Å². The van der Waals surface area contributed by atoms with Crippen molar-refractivity contribution < 1.29 is 22.8 Å². The van der Waals surface area contributed by atoms with Gasteiger partial charge in [-0.2, -0.15) is 18.3 Å². The summed E-state index contributed by atoms with van der Waals surface area (Å²) in [7, 11) is 3.24. The van der Waals surface area contributed by atoms with Crippen molar-refractivity contribution in [2.45, 2.75) is 6.18 Å². The summed E-state index contributed by atoms with van der Waals surface area (Å²) >= 11 is 0. The van der Waals surface area contributed by atoms with Crippen molar-refractivity contribution in [3.8, 4) is 0 Å². The fraction of sp³-hybridized carbons (Fsp3) is 0.250. The fourth-order valence-electron chi connectivity index (χ4n) is 2.93. The van der Waals surface area contributed by atoms with Crippen molar-refractivity contribution in [3.05, 3.63) is 65.7 Å². The molecule has 0 aromatic heterocycles. The van der Waals surface area contributed by atoms with Gasteiger partial charge in [0.2, 0.25) is 5.91 Å². The molecular formula is C20H19F3N4O2. The summed E-state index contributed by atoms with van der Waals surface area (Å²) < 4.78 is 38.0. The van der Waals surface area contributed by atoms with E-state index in [4.69, 9.17) is 0 Å². The number of anilines is 1. The average Bonchev–Trinajstić information content (AvgIpc) is 3.13. The molecule has 29 heavy (non-hydrogen) atoms. The third-order valence-electron chi connectivity index (χ3n) is 4.42. The van der Waals surface area contributed by atoms with Gasteiger partial charge in [0.15, 0.2) is 0 Å². The molecule has 0 spiro atoms. The molecule has 0 saturated carbocycles. The molecule has 1 heterocycles. The third kappa shape index (κ3) is 4.56. The Bertz CT molecular complexity index is 925. The van der Waals surface area contributed by atoms with Gasteiger partial charge in [-0.15, -0.1) is 0 Å². The molecule has 2 aromatic rings. The second kappa shape index (κ2) is 7.94. The standard InChI is InChI=1S/C20H19F3N4O2/c1-26(2)18(28)16-12-27(25-17(16)13-6-4-3-5-7-13)19(29)24-15-10-8-14(9-11-15)20(21,22)23/h3-11,16H,12H2,1-2H3,(H,24,29). The first-order chi connectivity index (χ1) is 13.7. The van der Waals surface area contributed by atoms with Crippen LogP contribution in [0, 0.1) is 5.92 Å². The lowest BCUT2D eigenvalue weighted by atomic mass is 9.96. The maximum Gasteiger partial charge on any atom is 0.416 e. The van der Waals surface area contributed by atoms with Crippen LogP contribution >= 0.6 is 0 Å². The molecule has 3 amide bonds. The molecule has 152 valence electrons. The number of carbonyl (C=O) groups excluding carboxylic acids is 2. The highest BCUT2D eigenvalue weighted by atomic mass is 19.4. The minimum absolute atomic E-state index is 0.0354. The van der Waals surface area contributed by atoms with Gasteiger partial charge < -0.3 is 10.2 Å². The summed E-state index contributed by atoms with van der Waals surface area (Å²) in [6.07, 6.45) is -4.45. The molecular weight excluding hydrogens is 385 g/mol. The lowest BCUT2D eigenvalue weighted by Gasteiger charge is -2.18. The number of hydrogen-bond donors (Lipinski definition) is 1. The Balaban J connectivity index is 1.80. The Hall–Kier alpha value is -3.36. The molecule has 1 aliphatic heterocycles. The summed E-state index contributed by atoms with van der Waals surface area (Å²) in [5.41, 5.74) is 0.573. The van der Waals surface area contributed by atoms with Crippen LogP contribution in [-0.4, -0.2) is 48.2 Å². The Labute approximate surface area is 165 Å². The van der Waals surface area contributed by atoms with Gasteiger partial charge in [-0.3, -0.25) is 4.79 Å². The van der Waals surface area contributed by atoms with Gasteiger partial charge in [-0.05, 0) is 29.8 Å². The van der Waals surface area contributed by atoms with Crippen LogP contribution in [0.15, 0.2) is 59.7 Å². The summed E-state index contributed by atoms with van der Waals surface area (Å²) in [4.78, 5) is 26.6. The number of rotatable bonds is 3. The van der Waals surface area contributed by atoms with E-state index in [1.165, 1.54) is 17.0 Å². The van der Waals surface area contributed by atoms with E-state index in [1.54, 1.807) is 38.4 Å². The molecule has 0 fully saturated rings. The van der Waals surface area contributed by atoms with Crippen molar-refractivity contribution in [1.29, 1.82) is 0 Å². The minimum atomic E-state index is -4.45. The molecule has 0 aliphatic carbocycles. The summed E-state index contributed by atoms with van der Waals surface area (Å²) in [5.74, 6) is -0.830. The second-order valence-electron chi connectivity index (χ2n) is 6.72. The van der Waals surface area contributed by atoms with E-state index in [0.717, 1.165) is 22.7 Å². The van der Waals surface area contributed by atoms with Crippen LogP contribution in [0.1, 0.15) is 11.1 Å². The number of carbonyl (C=O) groups is 2. The van der Waals surface area contributed by atoms with Gasteiger partial charge in [-0.1, -0.05) is 30.3 Å². The van der Waals surface area contributed by atoms with Crippen LogP contribution in [0.3, 0.4) is 0 Å². The average molecular weight is 404 g/mol. The van der Waals surface area contributed by atoms with E-state index in [0.29, 0.717) is 5.71 Å². The van der Waals surface area contributed by atoms with Crippen LogP contribution in [-0.2, 0) is 11.0 Å². The molecule has 1 aliphatic rings. The highest BCUT2D eigenvalue weighted by molar-refractivity contribution is 6.15. The first-order valence-corrected chi connectivity index (χ1v) is 8.77. The minimum Gasteiger partial charge on any atom is -0.348 e. The first-order valence-electron chi connectivity index (χ1n) is 8.77. The van der Waals surface area contributed by atoms with E-state index < -0.39 is 23.7 Å². The highest BCUT2D eigenvalue weighted by Crippen LogP contribution is 2.30. The Morgan fingerprint density at radius 1 is 1.07 bits per heavy atom. The number of amides is 3. The number of hydrazone groups is 1. The third-order valence-corrected chi connectivity index (χ3v) is 4.42. The lowest BCUT2D eigenvalue weighted by molar-refractivity contribution is -0.137. The number of nitrogens with one attached hydrogen (secondary N) is 1. The quantitative estimate of drug-likeness (QED) is 0.849. The van der Waals surface area contributed by atoms with Gasteiger partial charge >= 0.3 is 12.2 Å². The summed E-state index contributed by atoms with van der Waals surface area (Å²) in [6, 6.07) is 12.5. The van der Waals surface area contributed by atoms with E-state index in [-0.39, 0.29) is 18.1 Å². The van der Waals surface area contributed by atoms with Crippen molar-refractivity contribution in [2.75, 3.05) is 26.0 Å². The lowest BCUT2D eigenvalue weighted by Crippen LogP contribution is -2.38. The predicted octanol–water partition coefficient (Wildman–Crippen LogP) is 3.66. The number of halogens is 3. The molecule has 9 heteroatoms. The van der Waals surface area contributed by atoms with E-state index >= 15 is 0 Å². The Morgan fingerprint density at radius 2 is 1.69 bits per heavy atom. The number of nitrogens with zero attached hydrogens (tertiary/aromatic N) is 3. The Morgan fingerprint density at radius 3 is 2.24 bits per heavy atom. The molecule has 1 unspecified atom stereocenters. The van der Waals surface area contributed by atoms with Gasteiger partial charge in [0.1, 0.15) is 5.92 Å². The molecule has 6 nitrogen and oxygen atoms in total. The van der Waals surface area contributed by atoms with Crippen LogP contribution < -0.4 is 5.32 Å². The number of alkyl halides is 3. The van der Waals surface area contributed by atoms with Crippen LogP contribution in [0.4, 0.5) is 23.7 Å². The summed E-state index contributed by atoms with van der Waals surface area (Å²) in [5, 5.41) is 7.93. The van der Waals surface area contributed by atoms with E-state index in [2.05, 4.69) is 10.4 Å². The number of hydrogen-bond acceptors (Lipinski definition) is 3. The number of urea groups is 1. The van der Waals surface area contributed by atoms with Crippen molar-refractivity contribution in [3.63, 3.8) is 0 Å². The molecule has 1 atom stereocenters. The van der Waals surface area contributed by atoms with E-state index in [9.17, 15) is 22.8 Å². The van der Waals surface area contributed by atoms with Crippen LogP contribution in [0.25, 0.3) is 0 Å². The summed E-state index contributed by atoms with van der Waals surface area (Å²) in [6.45, 7) is 0.0354. The van der Waals surface area contributed by atoms with Gasteiger partial charge in [0.05, 0.1) is 17.8 Å². The smallest absolute Gasteiger partial charge is 0.348 e.